The lowest BCUT2D eigenvalue weighted by Crippen LogP contribution is -2.45. The third kappa shape index (κ3) is 5.90. The van der Waals surface area contributed by atoms with Crippen molar-refractivity contribution < 1.29 is 17.9 Å². The minimum Gasteiger partial charge on any atom is -0.406 e. The Labute approximate surface area is 171 Å². The standard InChI is InChI=1S/C16H16ClF3N2OS.2ClH/c17-13-5-10-24-15(13)14(22-8-6-21-7-9-22)11-1-3-12(4-2-11)23-16(18,19)20;;/h1-5,10,14,21H,6-9H2;2*1H/t14-;;/m0../s1. The maximum atomic E-state index is 12.3. The summed E-state index contributed by atoms with van der Waals surface area (Å²) in [7, 11) is 0. The van der Waals surface area contributed by atoms with Crippen molar-refractivity contribution in [2.45, 2.75) is 12.4 Å². The van der Waals surface area contributed by atoms with E-state index in [9.17, 15) is 13.2 Å². The molecule has 0 amide bonds. The number of ether oxygens (including phenoxy) is 1. The Morgan fingerprint density at radius 3 is 2.19 bits per heavy atom. The Kier molecular flexibility index (Phi) is 8.99. The smallest absolute Gasteiger partial charge is 0.406 e. The van der Waals surface area contributed by atoms with Gasteiger partial charge in [0.05, 0.1) is 11.1 Å². The zero-order valence-electron chi connectivity index (χ0n) is 13.5. The van der Waals surface area contributed by atoms with Gasteiger partial charge in [-0.3, -0.25) is 4.90 Å². The summed E-state index contributed by atoms with van der Waals surface area (Å²) < 4.78 is 40.9. The second-order valence-corrected chi connectivity index (χ2v) is 6.79. The van der Waals surface area contributed by atoms with Gasteiger partial charge >= 0.3 is 6.36 Å². The molecule has 3 nitrogen and oxygen atoms in total. The van der Waals surface area contributed by atoms with Gasteiger partial charge in [0.2, 0.25) is 0 Å². The van der Waals surface area contributed by atoms with E-state index in [-0.39, 0.29) is 36.6 Å². The van der Waals surface area contributed by atoms with Crippen LogP contribution in [0, 0.1) is 0 Å². The van der Waals surface area contributed by atoms with Crippen LogP contribution in [0.5, 0.6) is 5.75 Å². The van der Waals surface area contributed by atoms with Gasteiger partial charge in [-0.2, -0.15) is 0 Å². The maximum Gasteiger partial charge on any atom is 0.573 e. The summed E-state index contributed by atoms with van der Waals surface area (Å²) in [4.78, 5) is 3.29. The van der Waals surface area contributed by atoms with Crippen molar-refractivity contribution in [2.24, 2.45) is 0 Å². The van der Waals surface area contributed by atoms with Crippen LogP contribution in [0.4, 0.5) is 13.2 Å². The van der Waals surface area contributed by atoms with Crippen molar-refractivity contribution in [1.82, 2.24) is 10.2 Å². The predicted molar refractivity (Wildman–Crippen MR) is 103 cm³/mol. The first-order valence-corrected chi connectivity index (χ1v) is 8.73. The molecule has 0 aliphatic carbocycles. The van der Waals surface area contributed by atoms with E-state index in [0.717, 1.165) is 36.6 Å². The average Bonchev–Trinajstić information content (AvgIpc) is 2.95. The van der Waals surface area contributed by atoms with E-state index in [0.29, 0.717) is 5.02 Å². The fraction of sp³-hybridized carbons (Fsp3) is 0.375. The van der Waals surface area contributed by atoms with Crippen LogP contribution in [-0.2, 0) is 0 Å². The molecule has 1 fully saturated rings. The number of halogens is 6. The molecule has 1 aliphatic heterocycles. The molecule has 0 bridgehead atoms. The number of rotatable bonds is 4. The maximum absolute atomic E-state index is 12.3. The number of hydrogen-bond acceptors (Lipinski definition) is 4. The first-order chi connectivity index (χ1) is 11.4. The second kappa shape index (κ2) is 10.0. The molecule has 0 spiro atoms. The number of hydrogen-bond donors (Lipinski definition) is 1. The summed E-state index contributed by atoms with van der Waals surface area (Å²) in [5.74, 6) is -0.220. The fourth-order valence-electron chi connectivity index (χ4n) is 2.82. The van der Waals surface area contributed by atoms with Gasteiger partial charge in [0.1, 0.15) is 5.75 Å². The second-order valence-electron chi connectivity index (χ2n) is 5.44. The monoisotopic (exact) mass is 448 g/mol. The zero-order chi connectivity index (χ0) is 17.2. The highest BCUT2D eigenvalue weighted by atomic mass is 35.5. The SMILES string of the molecule is Cl.Cl.FC(F)(F)Oc1ccc([C@@H](c2sccc2Cl)N2CCNCC2)cc1. The van der Waals surface area contributed by atoms with Crippen LogP contribution >= 0.6 is 47.8 Å². The molecule has 0 unspecified atom stereocenters. The average molecular weight is 450 g/mol. The number of alkyl halides is 3. The van der Waals surface area contributed by atoms with Crippen LogP contribution in [0.25, 0.3) is 0 Å². The van der Waals surface area contributed by atoms with Gasteiger partial charge in [-0.25, -0.2) is 0 Å². The van der Waals surface area contributed by atoms with Crippen molar-refractivity contribution in [2.75, 3.05) is 26.2 Å². The molecule has 1 saturated heterocycles. The van der Waals surface area contributed by atoms with E-state index < -0.39 is 6.36 Å². The minimum absolute atomic E-state index is 0. The normalized spacial score (nSPS) is 16.3. The highest BCUT2D eigenvalue weighted by molar-refractivity contribution is 7.10. The quantitative estimate of drug-likeness (QED) is 0.699. The Morgan fingerprint density at radius 1 is 1.08 bits per heavy atom. The first kappa shape index (κ1) is 23.3. The third-order valence-electron chi connectivity index (χ3n) is 3.84. The molecule has 1 atom stereocenters. The first-order valence-electron chi connectivity index (χ1n) is 7.47. The number of nitrogens with one attached hydrogen (secondary N) is 1. The molecule has 1 aromatic carbocycles. The largest absolute Gasteiger partial charge is 0.573 e. The minimum atomic E-state index is -4.68. The van der Waals surface area contributed by atoms with E-state index >= 15 is 0 Å². The molecule has 1 aromatic heterocycles. The highest BCUT2D eigenvalue weighted by Crippen LogP contribution is 2.38. The van der Waals surface area contributed by atoms with Crippen LogP contribution in [0.2, 0.25) is 5.02 Å². The Balaban J connectivity index is 0.00000169. The molecule has 0 radical (unpaired) electrons. The van der Waals surface area contributed by atoms with Crippen LogP contribution in [0.3, 0.4) is 0 Å². The van der Waals surface area contributed by atoms with Crippen LogP contribution in [-0.4, -0.2) is 37.4 Å². The van der Waals surface area contributed by atoms with Crippen molar-refractivity contribution in [1.29, 1.82) is 0 Å². The number of nitrogens with zero attached hydrogens (tertiary/aromatic N) is 1. The summed E-state index contributed by atoms with van der Waals surface area (Å²) in [6.07, 6.45) is -4.68. The van der Waals surface area contributed by atoms with E-state index in [1.54, 1.807) is 23.5 Å². The number of thiophene rings is 1. The summed E-state index contributed by atoms with van der Waals surface area (Å²) in [6.45, 7) is 3.43. The zero-order valence-corrected chi connectivity index (χ0v) is 16.7. The van der Waals surface area contributed by atoms with Gasteiger partial charge in [-0.1, -0.05) is 23.7 Å². The van der Waals surface area contributed by atoms with Crippen LogP contribution in [0.1, 0.15) is 16.5 Å². The van der Waals surface area contributed by atoms with Gasteiger partial charge in [-0.15, -0.1) is 49.3 Å². The van der Waals surface area contributed by atoms with Gasteiger partial charge < -0.3 is 10.1 Å². The Hall–Kier alpha value is -0.700. The van der Waals surface area contributed by atoms with Crippen LogP contribution < -0.4 is 10.1 Å². The molecule has 0 saturated carbocycles. The van der Waals surface area contributed by atoms with E-state index in [2.05, 4.69) is 15.0 Å². The number of benzene rings is 1. The lowest BCUT2D eigenvalue weighted by molar-refractivity contribution is -0.274. The lowest BCUT2D eigenvalue weighted by Gasteiger charge is -2.35. The topological polar surface area (TPSA) is 24.5 Å². The van der Waals surface area contributed by atoms with E-state index in [4.69, 9.17) is 11.6 Å². The molecular weight excluding hydrogens is 432 g/mol. The summed E-state index contributed by atoms with van der Waals surface area (Å²) in [6, 6.07) is 7.81. The molecule has 146 valence electrons. The molecule has 3 rings (SSSR count). The van der Waals surface area contributed by atoms with Crippen LogP contribution in [0.15, 0.2) is 35.7 Å². The predicted octanol–water partition coefficient (Wildman–Crippen LogP) is 5.14. The van der Waals surface area contributed by atoms with E-state index in [1.807, 2.05) is 11.4 Å². The molecule has 10 heteroatoms. The number of piperazine rings is 1. The van der Waals surface area contributed by atoms with Gasteiger partial charge in [0.25, 0.3) is 0 Å². The van der Waals surface area contributed by atoms with Gasteiger partial charge in [-0.05, 0) is 29.1 Å². The Morgan fingerprint density at radius 2 is 1.69 bits per heavy atom. The van der Waals surface area contributed by atoms with Crippen molar-refractivity contribution >= 4 is 47.8 Å². The summed E-state index contributed by atoms with van der Waals surface area (Å²) in [5.41, 5.74) is 0.899. The third-order valence-corrected chi connectivity index (χ3v) is 5.25. The van der Waals surface area contributed by atoms with E-state index in [1.165, 1.54) is 12.1 Å². The lowest BCUT2D eigenvalue weighted by atomic mass is 10.0. The summed E-state index contributed by atoms with van der Waals surface area (Å²) >= 11 is 7.87. The molecular formula is C16H18Cl3F3N2OS. The molecule has 1 aliphatic rings. The molecule has 2 heterocycles. The van der Waals surface area contributed by atoms with Crippen molar-refractivity contribution in [3.05, 3.63) is 51.2 Å². The molecule has 1 N–H and O–H groups in total. The van der Waals surface area contributed by atoms with Crippen molar-refractivity contribution in [3.8, 4) is 5.75 Å². The Bertz CT molecular complexity index is 676. The van der Waals surface area contributed by atoms with Gasteiger partial charge in [0, 0.05) is 31.1 Å². The van der Waals surface area contributed by atoms with Gasteiger partial charge in [0.15, 0.2) is 0 Å². The molecule has 26 heavy (non-hydrogen) atoms. The highest BCUT2D eigenvalue weighted by Gasteiger charge is 2.31. The fourth-order valence-corrected chi connectivity index (χ4v) is 4.14. The van der Waals surface area contributed by atoms with Crippen molar-refractivity contribution in [3.63, 3.8) is 0 Å². The summed E-state index contributed by atoms with van der Waals surface area (Å²) in [5, 5.41) is 5.90. The molecule has 2 aromatic rings.